The quantitative estimate of drug-likeness (QED) is 0.675. The van der Waals surface area contributed by atoms with Gasteiger partial charge >= 0.3 is 0 Å². The second-order valence-corrected chi connectivity index (χ2v) is 3.73. The predicted molar refractivity (Wildman–Crippen MR) is 49.7 cm³/mol. The van der Waals surface area contributed by atoms with Gasteiger partial charge < -0.3 is 0 Å². The summed E-state index contributed by atoms with van der Waals surface area (Å²) in [6.45, 7) is 0.719. The lowest BCUT2D eigenvalue weighted by atomic mass is 10.0. The van der Waals surface area contributed by atoms with Gasteiger partial charge in [0.25, 0.3) is 0 Å². The number of alkyl halides is 1. The molecular formula is C9H9BrFN. The average Bonchev–Trinajstić information content (AvgIpc) is 2.07. The van der Waals surface area contributed by atoms with Gasteiger partial charge in [-0.3, -0.25) is 5.32 Å². The van der Waals surface area contributed by atoms with E-state index >= 15 is 0 Å². The van der Waals surface area contributed by atoms with Crippen LogP contribution in [0.2, 0.25) is 0 Å². The molecule has 0 bridgehead atoms. The molecule has 0 aliphatic carbocycles. The molecule has 1 N–H and O–H groups in total. The summed E-state index contributed by atoms with van der Waals surface area (Å²) < 4.78 is 14.2. The highest BCUT2D eigenvalue weighted by atomic mass is 79.9. The monoisotopic (exact) mass is 229 g/mol. The lowest BCUT2D eigenvalue weighted by Gasteiger charge is -2.21. The normalized spacial score (nSPS) is 22.0. The van der Waals surface area contributed by atoms with E-state index in [1.165, 1.54) is 0 Å². The summed E-state index contributed by atoms with van der Waals surface area (Å²) in [6.07, 6.45) is -0.0942. The van der Waals surface area contributed by atoms with Crippen LogP contribution >= 0.6 is 15.9 Å². The molecular weight excluding hydrogens is 221 g/mol. The van der Waals surface area contributed by atoms with E-state index in [-0.39, 0.29) is 0 Å². The number of fused-ring (bicyclic) bond motifs is 1. The molecule has 0 saturated carbocycles. The second kappa shape index (κ2) is 3.15. The molecule has 1 aromatic carbocycles. The molecule has 0 radical (unpaired) electrons. The van der Waals surface area contributed by atoms with Crippen LogP contribution in [0, 0.1) is 0 Å². The van der Waals surface area contributed by atoms with E-state index in [0.29, 0.717) is 0 Å². The van der Waals surface area contributed by atoms with Crippen LogP contribution in [0.25, 0.3) is 0 Å². The van der Waals surface area contributed by atoms with Crippen LogP contribution in [0.1, 0.15) is 17.4 Å². The molecule has 1 aromatic rings. The Labute approximate surface area is 79.1 Å². The van der Waals surface area contributed by atoms with Crippen LogP contribution in [0.15, 0.2) is 22.7 Å². The molecule has 1 nitrogen and oxygen atoms in total. The summed E-state index contributed by atoms with van der Waals surface area (Å²) in [5.74, 6) is 0. The van der Waals surface area contributed by atoms with Crippen molar-refractivity contribution < 1.29 is 4.39 Å². The molecule has 64 valence electrons. The zero-order chi connectivity index (χ0) is 8.55. The van der Waals surface area contributed by atoms with Gasteiger partial charge in [-0.2, -0.15) is 0 Å². The van der Waals surface area contributed by atoms with E-state index < -0.39 is 6.30 Å². The molecule has 0 aromatic heterocycles. The lowest BCUT2D eigenvalue weighted by molar-refractivity contribution is 0.268. The minimum absolute atomic E-state index is 0.719. The zero-order valence-corrected chi connectivity index (χ0v) is 8.07. The number of nitrogens with one attached hydrogen (secondary N) is 1. The molecule has 2 rings (SSSR count). The van der Waals surface area contributed by atoms with Crippen molar-refractivity contribution >= 4 is 15.9 Å². The van der Waals surface area contributed by atoms with E-state index in [9.17, 15) is 4.39 Å². The van der Waals surface area contributed by atoms with Gasteiger partial charge in [-0.15, -0.1) is 0 Å². The van der Waals surface area contributed by atoms with E-state index in [1.807, 2.05) is 18.2 Å². The average molecular weight is 230 g/mol. The predicted octanol–water partition coefficient (Wildman–Crippen LogP) is 2.56. The van der Waals surface area contributed by atoms with Gasteiger partial charge in [-0.05, 0) is 18.1 Å². The van der Waals surface area contributed by atoms with Crippen LogP contribution in [0.4, 0.5) is 4.39 Å². The van der Waals surface area contributed by atoms with Crippen molar-refractivity contribution in [3.63, 3.8) is 0 Å². The van der Waals surface area contributed by atoms with Crippen molar-refractivity contribution in [2.45, 2.75) is 12.7 Å². The Kier molecular flexibility index (Phi) is 2.15. The first-order chi connectivity index (χ1) is 5.79. The van der Waals surface area contributed by atoms with Gasteiger partial charge in [-0.25, -0.2) is 4.39 Å². The van der Waals surface area contributed by atoms with Gasteiger partial charge in [0.15, 0.2) is 6.30 Å². The Hall–Kier alpha value is -0.410. The highest BCUT2D eigenvalue weighted by molar-refractivity contribution is 9.10. The number of rotatable bonds is 0. The molecule has 1 atom stereocenters. The molecule has 1 aliphatic heterocycles. The Morgan fingerprint density at radius 1 is 1.50 bits per heavy atom. The number of halogens is 2. The Morgan fingerprint density at radius 2 is 2.33 bits per heavy atom. The van der Waals surface area contributed by atoms with Crippen LogP contribution in [-0.2, 0) is 6.42 Å². The number of hydrogen-bond acceptors (Lipinski definition) is 1. The van der Waals surface area contributed by atoms with Gasteiger partial charge in [0.2, 0.25) is 0 Å². The Balaban J connectivity index is 2.52. The standard InChI is InChI=1S/C9H9BrFN/c10-8-3-1-2-7-6(8)4-5-12-9(7)11/h1-3,9,12H,4-5H2. The first-order valence-corrected chi connectivity index (χ1v) is 4.73. The highest BCUT2D eigenvalue weighted by Crippen LogP contribution is 2.29. The summed E-state index contributed by atoms with van der Waals surface area (Å²) in [6, 6.07) is 5.65. The molecule has 0 spiro atoms. The smallest absolute Gasteiger partial charge is 0.177 e. The van der Waals surface area contributed by atoms with E-state index in [2.05, 4.69) is 21.2 Å². The van der Waals surface area contributed by atoms with Crippen molar-refractivity contribution in [3.05, 3.63) is 33.8 Å². The third-order valence-electron chi connectivity index (χ3n) is 2.13. The maximum atomic E-state index is 13.2. The second-order valence-electron chi connectivity index (χ2n) is 2.87. The van der Waals surface area contributed by atoms with E-state index in [0.717, 1.165) is 28.6 Å². The van der Waals surface area contributed by atoms with Crippen molar-refractivity contribution in [2.24, 2.45) is 0 Å². The first kappa shape index (κ1) is 8.20. The summed E-state index contributed by atoms with van der Waals surface area (Å²) in [4.78, 5) is 0. The van der Waals surface area contributed by atoms with Crippen LogP contribution < -0.4 is 5.32 Å². The SMILES string of the molecule is FC1NCCc2c(Br)cccc21. The first-order valence-electron chi connectivity index (χ1n) is 3.94. The Bertz CT molecular complexity index is 301. The zero-order valence-electron chi connectivity index (χ0n) is 6.48. The van der Waals surface area contributed by atoms with Gasteiger partial charge in [0.1, 0.15) is 0 Å². The summed E-state index contributed by atoms with van der Waals surface area (Å²) in [5, 5.41) is 2.78. The highest BCUT2D eigenvalue weighted by Gasteiger charge is 2.19. The maximum Gasteiger partial charge on any atom is 0.177 e. The molecule has 3 heteroatoms. The molecule has 0 saturated heterocycles. The third-order valence-corrected chi connectivity index (χ3v) is 2.87. The fraction of sp³-hybridized carbons (Fsp3) is 0.333. The Morgan fingerprint density at radius 3 is 3.08 bits per heavy atom. The minimum Gasteiger partial charge on any atom is -0.284 e. The third kappa shape index (κ3) is 1.27. The minimum atomic E-state index is -0.994. The van der Waals surface area contributed by atoms with Crippen molar-refractivity contribution in [1.29, 1.82) is 0 Å². The molecule has 0 amide bonds. The van der Waals surface area contributed by atoms with Gasteiger partial charge in [0.05, 0.1) is 0 Å². The summed E-state index contributed by atoms with van der Waals surface area (Å²) in [5.41, 5.74) is 1.87. The van der Waals surface area contributed by atoms with Crippen LogP contribution in [-0.4, -0.2) is 6.54 Å². The number of benzene rings is 1. The molecule has 0 fully saturated rings. The van der Waals surface area contributed by atoms with Crippen molar-refractivity contribution in [1.82, 2.24) is 5.32 Å². The summed E-state index contributed by atoms with van der Waals surface area (Å²) in [7, 11) is 0. The molecule has 1 unspecified atom stereocenters. The number of hydrogen-bond donors (Lipinski definition) is 1. The topological polar surface area (TPSA) is 12.0 Å². The van der Waals surface area contributed by atoms with Crippen molar-refractivity contribution in [2.75, 3.05) is 6.54 Å². The largest absolute Gasteiger partial charge is 0.284 e. The van der Waals surface area contributed by atoms with Gasteiger partial charge in [0, 0.05) is 16.6 Å². The van der Waals surface area contributed by atoms with Crippen LogP contribution in [0.5, 0.6) is 0 Å². The van der Waals surface area contributed by atoms with E-state index in [1.54, 1.807) is 0 Å². The molecule has 1 heterocycles. The fourth-order valence-electron chi connectivity index (χ4n) is 1.51. The van der Waals surface area contributed by atoms with Gasteiger partial charge in [-0.1, -0.05) is 28.1 Å². The molecule has 1 aliphatic rings. The summed E-state index contributed by atoms with van der Waals surface area (Å²) >= 11 is 3.42. The van der Waals surface area contributed by atoms with E-state index in [4.69, 9.17) is 0 Å². The fourth-order valence-corrected chi connectivity index (χ4v) is 2.09. The molecule has 12 heavy (non-hydrogen) atoms. The van der Waals surface area contributed by atoms with Crippen LogP contribution in [0.3, 0.4) is 0 Å². The van der Waals surface area contributed by atoms with Crippen molar-refractivity contribution in [3.8, 4) is 0 Å². The maximum absolute atomic E-state index is 13.2. The lowest BCUT2D eigenvalue weighted by Crippen LogP contribution is -2.27.